The number of allylic oxidation sites excluding steroid dienone is 6. The molecule has 0 saturated heterocycles. The largest absolute Gasteiger partial charge is 0.481 e. The van der Waals surface area contributed by atoms with Crippen LogP contribution in [0.25, 0.3) is 0 Å². The van der Waals surface area contributed by atoms with Crippen molar-refractivity contribution in [1.29, 1.82) is 0 Å². The van der Waals surface area contributed by atoms with Gasteiger partial charge in [-0.2, -0.15) is 0 Å². The maximum Gasteiger partial charge on any atom is 0.303 e. The van der Waals surface area contributed by atoms with Gasteiger partial charge in [0.1, 0.15) is 0 Å². The smallest absolute Gasteiger partial charge is 0.303 e. The molecular formula is C64H122O7. The molecule has 420 valence electrons. The zero-order chi connectivity index (χ0) is 53.1. The van der Waals surface area contributed by atoms with Gasteiger partial charge in [0.25, 0.3) is 0 Å². The van der Waals surface area contributed by atoms with Crippen molar-refractivity contribution in [3.63, 3.8) is 0 Å². The Labute approximate surface area is 441 Å². The number of carbonyl (C=O) groups is 3. The second kappa shape index (κ2) is 61.9. The number of hydrogen-bond donors (Lipinski definition) is 4. The standard InChI is InChI=1S/3C18H34O2.C10H20O/c3*1-2-3-4-5-6-7-8-9-10-11-12-13-14-15-16-17-18(19)20;1-7(2)9-5-4-8(3)6-10(9)11/h3*9-10H,2-8,11-17H2,1H3,(H,19,20);7-11H,4-6H2,1-3H3/b3*10-9-;. The molecule has 1 aliphatic carbocycles. The van der Waals surface area contributed by atoms with Crippen LogP contribution in [-0.2, 0) is 14.4 Å². The molecule has 0 aliphatic heterocycles. The highest BCUT2D eigenvalue weighted by molar-refractivity contribution is 5.67. The van der Waals surface area contributed by atoms with E-state index in [1.54, 1.807) is 0 Å². The zero-order valence-corrected chi connectivity index (χ0v) is 48.1. The first kappa shape index (κ1) is 72.8. The first-order chi connectivity index (χ1) is 34.4. The van der Waals surface area contributed by atoms with Crippen molar-refractivity contribution < 1.29 is 34.8 Å². The molecule has 0 bridgehead atoms. The second-order valence-electron chi connectivity index (χ2n) is 21.6. The third kappa shape index (κ3) is 67.6. The number of unbranched alkanes of at least 4 members (excludes halogenated alkanes) is 33. The molecule has 7 nitrogen and oxygen atoms in total. The average molecular weight is 1000 g/mol. The summed E-state index contributed by atoms with van der Waals surface area (Å²) < 4.78 is 0. The summed E-state index contributed by atoms with van der Waals surface area (Å²) in [5, 5.41) is 35.2. The van der Waals surface area contributed by atoms with Crippen LogP contribution in [0.15, 0.2) is 36.5 Å². The Morgan fingerprint density at radius 2 is 0.606 bits per heavy atom. The molecule has 1 aliphatic rings. The number of carboxylic acids is 3. The Morgan fingerprint density at radius 1 is 0.380 bits per heavy atom. The minimum Gasteiger partial charge on any atom is -0.481 e. The first-order valence-electron chi connectivity index (χ1n) is 30.7. The molecule has 0 amide bonds. The lowest BCUT2D eigenvalue weighted by atomic mass is 9.75. The third-order valence-corrected chi connectivity index (χ3v) is 13.9. The Bertz CT molecular complexity index is 1060. The van der Waals surface area contributed by atoms with Crippen LogP contribution in [0.4, 0.5) is 0 Å². The summed E-state index contributed by atoms with van der Waals surface area (Å²) in [7, 11) is 0. The molecule has 7 heteroatoms. The van der Waals surface area contributed by atoms with Crippen molar-refractivity contribution in [2.75, 3.05) is 0 Å². The van der Waals surface area contributed by atoms with E-state index in [9.17, 15) is 19.5 Å². The normalized spacial score (nSPS) is 15.6. The predicted molar refractivity (Wildman–Crippen MR) is 309 cm³/mol. The molecule has 0 spiro atoms. The van der Waals surface area contributed by atoms with E-state index in [2.05, 4.69) is 78.0 Å². The average Bonchev–Trinajstić information content (AvgIpc) is 3.33. The van der Waals surface area contributed by atoms with Crippen LogP contribution in [0.3, 0.4) is 0 Å². The third-order valence-electron chi connectivity index (χ3n) is 13.9. The lowest BCUT2D eigenvalue weighted by Gasteiger charge is -2.33. The maximum atomic E-state index is 10.3. The van der Waals surface area contributed by atoms with Crippen molar-refractivity contribution in [3.05, 3.63) is 36.5 Å². The molecule has 3 atom stereocenters. The molecule has 4 N–H and O–H groups in total. The van der Waals surface area contributed by atoms with E-state index in [0.29, 0.717) is 31.1 Å². The van der Waals surface area contributed by atoms with E-state index in [4.69, 9.17) is 15.3 Å². The summed E-state index contributed by atoms with van der Waals surface area (Å²) >= 11 is 0. The SMILES string of the molecule is CC1CCC(C(C)C)C(O)C1.CCCCCCCC/C=C\CCCCCCCC(=O)O.CCCCCCCC/C=C\CCCCCCCC(=O)O.CCCCCCCC/C=C\CCCCCCCC(=O)O. The van der Waals surface area contributed by atoms with Crippen molar-refractivity contribution in [3.8, 4) is 0 Å². The van der Waals surface area contributed by atoms with Crippen LogP contribution < -0.4 is 0 Å². The van der Waals surface area contributed by atoms with Crippen molar-refractivity contribution in [1.82, 2.24) is 0 Å². The van der Waals surface area contributed by atoms with Gasteiger partial charge in [0, 0.05) is 19.3 Å². The summed E-state index contributed by atoms with van der Waals surface area (Å²) in [5.41, 5.74) is 0. The van der Waals surface area contributed by atoms with Crippen LogP contribution >= 0.6 is 0 Å². The monoisotopic (exact) mass is 1000 g/mol. The molecule has 0 aromatic heterocycles. The van der Waals surface area contributed by atoms with Crippen LogP contribution in [0.5, 0.6) is 0 Å². The van der Waals surface area contributed by atoms with E-state index in [1.165, 1.54) is 225 Å². The molecule has 0 radical (unpaired) electrons. The van der Waals surface area contributed by atoms with Crippen molar-refractivity contribution in [2.45, 2.75) is 337 Å². The van der Waals surface area contributed by atoms with Gasteiger partial charge in [-0.15, -0.1) is 0 Å². The predicted octanol–water partition coefficient (Wildman–Crippen LogP) is 20.8. The highest BCUT2D eigenvalue weighted by Crippen LogP contribution is 2.33. The highest BCUT2D eigenvalue weighted by Gasteiger charge is 2.28. The molecule has 3 unspecified atom stereocenters. The van der Waals surface area contributed by atoms with E-state index in [0.717, 1.165) is 50.9 Å². The lowest BCUT2D eigenvalue weighted by Crippen LogP contribution is -2.31. The molecule has 71 heavy (non-hydrogen) atoms. The number of carboxylic acid groups (broad SMARTS) is 3. The fourth-order valence-electron chi connectivity index (χ4n) is 9.19. The molecule has 0 aromatic rings. The van der Waals surface area contributed by atoms with E-state index in [-0.39, 0.29) is 6.10 Å². The lowest BCUT2D eigenvalue weighted by molar-refractivity contribution is -0.138. The fraction of sp³-hybridized carbons (Fsp3) is 0.859. The second-order valence-corrected chi connectivity index (χ2v) is 21.6. The first-order valence-corrected chi connectivity index (χ1v) is 30.7. The number of aliphatic carboxylic acids is 3. The van der Waals surface area contributed by atoms with Gasteiger partial charge in [-0.05, 0) is 127 Å². The topological polar surface area (TPSA) is 132 Å². The van der Waals surface area contributed by atoms with Gasteiger partial charge in [-0.3, -0.25) is 14.4 Å². The van der Waals surface area contributed by atoms with Gasteiger partial charge >= 0.3 is 17.9 Å². The maximum absolute atomic E-state index is 10.3. The highest BCUT2D eigenvalue weighted by atomic mass is 16.4. The molecule has 0 heterocycles. The van der Waals surface area contributed by atoms with Gasteiger partial charge in [0.05, 0.1) is 6.10 Å². The summed E-state index contributed by atoms with van der Waals surface area (Å²) in [6.45, 7) is 13.4. The molecular weight excluding hydrogens is 881 g/mol. The molecule has 1 rings (SSSR count). The fourth-order valence-corrected chi connectivity index (χ4v) is 9.19. The molecule has 1 saturated carbocycles. The van der Waals surface area contributed by atoms with Gasteiger partial charge in [-0.1, -0.05) is 239 Å². The Hall–Kier alpha value is -2.41. The molecule has 1 fully saturated rings. The Kier molecular flexibility index (Phi) is 63.5. The summed E-state index contributed by atoms with van der Waals surface area (Å²) in [4.78, 5) is 31.0. The molecule has 0 aromatic carbocycles. The van der Waals surface area contributed by atoms with E-state index < -0.39 is 17.9 Å². The number of aliphatic hydroxyl groups excluding tert-OH is 1. The van der Waals surface area contributed by atoms with Crippen LogP contribution in [0.1, 0.15) is 330 Å². The van der Waals surface area contributed by atoms with Gasteiger partial charge in [0.15, 0.2) is 0 Å². The van der Waals surface area contributed by atoms with Crippen molar-refractivity contribution >= 4 is 17.9 Å². The minimum absolute atomic E-state index is 0.0289. The summed E-state index contributed by atoms with van der Waals surface area (Å²) in [6, 6.07) is 0. The van der Waals surface area contributed by atoms with Crippen LogP contribution in [-0.4, -0.2) is 44.4 Å². The van der Waals surface area contributed by atoms with Gasteiger partial charge in [-0.25, -0.2) is 0 Å². The Balaban J connectivity index is -0.000000885. The number of aliphatic hydroxyl groups is 1. The van der Waals surface area contributed by atoms with Crippen LogP contribution in [0, 0.1) is 17.8 Å². The zero-order valence-electron chi connectivity index (χ0n) is 48.1. The van der Waals surface area contributed by atoms with Crippen LogP contribution in [0.2, 0.25) is 0 Å². The van der Waals surface area contributed by atoms with Crippen molar-refractivity contribution in [2.24, 2.45) is 17.8 Å². The van der Waals surface area contributed by atoms with E-state index >= 15 is 0 Å². The summed E-state index contributed by atoms with van der Waals surface area (Å²) in [6.07, 6.45) is 67.2. The number of rotatable bonds is 46. The number of hydrogen-bond acceptors (Lipinski definition) is 4. The minimum atomic E-state index is -0.664. The van der Waals surface area contributed by atoms with E-state index in [1.807, 2.05) is 0 Å². The quantitative estimate of drug-likeness (QED) is 0.0353. The van der Waals surface area contributed by atoms with Gasteiger partial charge in [0.2, 0.25) is 0 Å². The van der Waals surface area contributed by atoms with Gasteiger partial charge < -0.3 is 20.4 Å². The Morgan fingerprint density at radius 3 is 0.817 bits per heavy atom. The summed E-state index contributed by atoms with van der Waals surface area (Å²) in [5.74, 6) is -0.0448.